The van der Waals surface area contributed by atoms with Crippen molar-refractivity contribution < 1.29 is 9.21 Å². The number of anilines is 2. The van der Waals surface area contributed by atoms with Gasteiger partial charge in [-0.1, -0.05) is 17.7 Å². The van der Waals surface area contributed by atoms with Crippen LogP contribution in [-0.4, -0.2) is 5.91 Å². The maximum atomic E-state index is 12.1. The summed E-state index contributed by atoms with van der Waals surface area (Å²) in [6.07, 6.45) is 0. The van der Waals surface area contributed by atoms with Gasteiger partial charge in [0.25, 0.3) is 5.91 Å². The van der Waals surface area contributed by atoms with Crippen LogP contribution < -0.4 is 11.1 Å². The van der Waals surface area contributed by atoms with E-state index in [-0.39, 0.29) is 11.7 Å². The Morgan fingerprint density at radius 2 is 2.00 bits per heavy atom. The smallest absolute Gasteiger partial charge is 0.291 e. The number of fused-ring (bicyclic) bond motifs is 1. The first kappa shape index (κ1) is 12.6. The fourth-order valence-electron chi connectivity index (χ4n) is 1.93. The first-order valence-corrected chi connectivity index (χ1v) is 6.35. The SMILES string of the molecule is Nc1ccc2oc(C(=O)Nc3cccc(Cl)c3)cc2c1. The molecular formula is C15H11ClN2O2. The Bertz CT molecular complexity index is 795. The second-order valence-corrected chi connectivity index (χ2v) is 4.81. The van der Waals surface area contributed by atoms with Crippen LogP contribution in [0, 0.1) is 0 Å². The van der Waals surface area contributed by atoms with E-state index >= 15 is 0 Å². The average molecular weight is 287 g/mol. The molecule has 0 atom stereocenters. The van der Waals surface area contributed by atoms with Gasteiger partial charge in [0.15, 0.2) is 5.76 Å². The van der Waals surface area contributed by atoms with Crippen molar-refractivity contribution in [1.29, 1.82) is 0 Å². The van der Waals surface area contributed by atoms with E-state index in [2.05, 4.69) is 5.32 Å². The van der Waals surface area contributed by atoms with E-state index in [4.69, 9.17) is 21.8 Å². The van der Waals surface area contributed by atoms with Gasteiger partial charge >= 0.3 is 0 Å². The van der Waals surface area contributed by atoms with Crippen LogP contribution >= 0.6 is 11.6 Å². The minimum Gasteiger partial charge on any atom is -0.451 e. The quantitative estimate of drug-likeness (QED) is 0.702. The maximum absolute atomic E-state index is 12.1. The number of hydrogen-bond donors (Lipinski definition) is 2. The molecule has 3 N–H and O–H groups in total. The summed E-state index contributed by atoms with van der Waals surface area (Å²) < 4.78 is 5.49. The van der Waals surface area contributed by atoms with Gasteiger partial charge < -0.3 is 15.5 Å². The predicted octanol–water partition coefficient (Wildman–Crippen LogP) is 3.92. The zero-order valence-corrected chi connectivity index (χ0v) is 11.1. The highest BCUT2D eigenvalue weighted by atomic mass is 35.5. The van der Waals surface area contributed by atoms with Gasteiger partial charge in [0.2, 0.25) is 0 Å². The molecule has 3 aromatic rings. The van der Waals surface area contributed by atoms with Crippen molar-refractivity contribution >= 4 is 39.9 Å². The number of benzene rings is 2. The maximum Gasteiger partial charge on any atom is 0.291 e. The molecule has 3 rings (SSSR count). The lowest BCUT2D eigenvalue weighted by Crippen LogP contribution is -2.10. The molecule has 0 saturated heterocycles. The molecule has 0 radical (unpaired) electrons. The van der Waals surface area contributed by atoms with Crippen LogP contribution in [0.3, 0.4) is 0 Å². The molecule has 0 unspecified atom stereocenters. The minimum absolute atomic E-state index is 0.227. The Morgan fingerprint density at radius 1 is 1.15 bits per heavy atom. The molecule has 0 spiro atoms. The van der Waals surface area contributed by atoms with Crippen molar-refractivity contribution in [3.8, 4) is 0 Å². The van der Waals surface area contributed by atoms with Crippen LogP contribution in [0.15, 0.2) is 52.9 Å². The highest BCUT2D eigenvalue weighted by Crippen LogP contribution is 2.23. The van der Waals surface area contributed by atoms with Gasteiger partial charge in [0.05, 0.1) is 0 Å². The van der Waals surface area contributed by atoms with Crippen LogP contribution in [0.25, 0.3) is 11.0 Å². The lowest BCUT2D eigenvalue weighted by Gasteiger charge is -2.02. The van der Waals surface area contributed by atoms with Crippen molar-refractivity contribution in [3.63, 3.8) is 0 Å². The van der Waals surface area contributed by atoms with Crippen LogP contribution in [-0.2, 0) is 0 Å². The highest BCUT2D eigenvalue weighted by molar-refractivity contribution is 6.30. The number of furan rings is 1. The largest absolute Gasteiger partial charge is 0.451 e. The van der Waals surface area contributed by atoms with Gasteiger partial charge in [0, 0.05) is 21.8 Å². The number of nitrogens with one attached hydrogen (secondary N) is 1. The molecule has 0 aliphatic heterocycles. The van der Waals surface area contributed by atoms with Crippen molar-refractivity contribution in [2.75, 3.05) is 11.1 Å². The number of hydrogen-bond acceptors (Lipinski definition) is 3. The highest BCUT2D eigenvalue weighted by Gasteiger charge is 2.12. The zero-order chi connectivity index (χ0) is 14.1. The number of halogens is 1. The van der Waals surface area contributed by atoms with Crippen LogP contribution in [0.4, 0.5) is 11.4 Å². The lowest BCUT2D eigenvalue weighted by atomic mass is 10.2. The molecule has 0 bridgehead atoms. The summed E-state index contributed by atoms with van der Waals surface area (Å²) in [4.78, 5) is 12.1. The Kier molecular flexibility index (Phi) is 3.08. The molecule has 100 valence electrons. The fraction of sp³-hybridized carbons (Fsp3) is 0. The fourth-order valence-corrected chi connectivity index (χ4v) is 2.12. The third-order valence-corrected chi connectivity index (χ3v) is 3.08. The van der Waals surface area contributed by atoms with Crippen molar-refractivity contribution in [3.05, 3.63) is 59.3 Å². The topological polar surface area (TPSA) is 68.3 Å². The van der Waals surface area contributed by atoms with Crippen LogP contribution in [0.2, 0.25) is 5.02 Å². The number of rotatable bonds is 2. The van der Waals surface area contributed by atoms with Crippen molar-refractivity contribution in [2.24, 2.45) is 0 Å². The molecule has 2 aromatic carbocycles. The number of amides is 1. The van der Waals surface area contributed by atoms with Gasteiger partial charge in [-0.2, -0.15) is 0 Å². The number of nitrogen functional groups attached to an aromatic ring is 1. The molecule has 1 aromatic heterocycles. The molecule has 0 aliphatic carbocycles. The van der Waals surface area contributed by atoms with E-state index < -0.39 is 0 Å². The molecule has 20 heavy (non-hydrogen) atoms. The molecule has 1 amide bonds. The molecule has 1 heterocycles. The van der Waals surface area contributed by atoms with Crippen molar-refractivity contribution in [1.82, 2.24) is 0 Å². The Balaban J connectivity index is 1.88. The summed E-state index contributed by atoms with van der Waals surface area (Å²) in [6, 6.07) is 13.8. The van der Waals surface area contributed by atoms with Crippen molar-refractivity contribution in [2.45, 2.75) is 0 Å². The van der Waals surface area contributed by atoms with Gasteiger partial charge in [-0.15, -0.1) is 0 Å². The third-order valence-electron chi connectivity index (χ3n) is 2.85. The minimum atomic E-state index is -0.331. The number of carbonyl (C=O) groups excluding carboxylic acids is 1. The van der Waals surface area contributed by atoms with E-state index in [1.54, 1.807) is 48.5 Å². The van der Waals surface area contributed by atoms with E-state index in [0.717, 1.165) is 5.39 Å². The van der Waals surface area contributed by atoms with E-state index in [0.29, 0.717) is 22.0 Å². The first-order chi connectivity index (χ1) is 9.61. The summed E-state index contributed by atoms with van der Waals surface area (Å²) in [5.41, 5.74) is 7.55. The molecular weight excluding hydrogens is 276 g/mol. The van der Waals surface area contributed by atoms with Crippen LogP contribution in [0.5, 0.6) is 0 Å². The van der Waals surface area contributed by atoms with E-state index in [1.165, 1.54) is 0 Å². The van der Waals surface area contributed by atoms with E-state index in [1.807, 2.05) is 0 Å². The molecule has 0 saturated carbocycles. The predicted molar refractivity (Wildman–Crippen MR) is 80.0 cm³/mol. The third kappa shape index (κ3) is 2.46. The Morgan fingerprint density at radius 3 is 2.80 bits per heavy atom. The summed E-state index contributed by atoms with van der Waals surface area (Å²) >= 11 is 5.87. The Labute approximate surface area is 120 Å². The summed E-state index contributed by atoms with van der Waals surface area (Å²) in [6.45, 7) is 0. The van der Waals surface area contributed by atoms with Crippen LogP contribution in [0.1, 0.15) is 10.6 Å². The Hall–Kier alpha value is -2.46. The van der Waals surface area contributed by atoms with Gasteiger partial charge in [-0.25, -0.2) is 0 Å². The number of carbonyl (C=O) groups is 1. The second-order valence-electron chi connectivity index (χ2n) is 4.37. The molecule has 4 nitrogen and oxygen atoms in total. The van der Waals surface area contributed by atoms with E-state index in [9.17, 15) is 4.79 Å². The average Bonchev–Trinajstić information content (AvgIpc) is 2.81. The lowest BCUT2D eigenvalue weighted by molar-refractivity contribution is 0.0998. The summed E-state index contributed by atoms with van der Waals surface area (Å²) in [5, 5.41) is 4.07. The molecule has 5 heteroatoms. The normalized spacial score (nSPS) is 10.7. The zero-order valence-electron chi connectivity index (χ0n) is 10.4. The van der Waals surface area contributed by atoms with Gasteiger partial charge in [-0.05, 0) is 42.5 Å². The molecule has 0 fully saturated rings. The molecule has 0 aliphatic rings. The van der Waals surface area contributed by atoms with Gasteiger partial charge in [-0.3, -0.25) is 4.79 Å². The summed E-state index contributed by atoms with van der Waals surface area (Å²) in [5.74, 6) is -0.104. The summed E-state index contributed by atoms with van der Waals surface area (Å²) in [7, 11) is 0. The standard InChI is InChI=1S/C15H11ClN2O2/c16-10-2-1-3-12(8-10)18-15(19)14-7-9-6-11(17)4-5-13(9)20-14/h1-8H,17H2,(H,18,19). The van der Waals surface area contributed by atoms with Gasteiger partial charge in [0.1, 0.15) is 5.58 Å². The monoisotopic (exact) mass is 286 g/mol. The number of nitrogens with two attached hydrogens (primary N) is 1. The first-order valence-electron chi connectivity index (χ1n) is 5.98. The second kappa shape index (κ2) is 4.90.